The Bertz CT molecular complexity index is 1050. The predicted octanol–water partition coefficient (Wildman–Crippen LogP) is 2.76. The van der Waals surface area contributed by atoms with Gasteiger partial charge in [0.2, 0.25) is 0 Å². The molecule has 8 nitrogen and oxygen atoms in total. The van der Waals surface area contributed by atoms with Crippen LogP contribution in [0.1, 0.15) is 11.9 Å². The van der Waals surface area contributed by atoms with Crippen LogP contribution in [0.25, 0.3) is 28.7 Å². The Morgan fingerprint density at radius 1 is 1.14 bits per heavy atom. The van der Waals surface area contributed by atoms with Gasteiger partial charge in [0.05, 0.1) is 18.0 Å². The monoisotopic (exact) mass is 376 g/mol. The van der Waals surface area contributed by atoms with Crippen molar-refractivity contribution in [1.29, 1.82) is 0 Å². The number of likely N-dealkylation sites (N-methyl/N-ethyl adjacent to an activating group) is 1. The van der Waals surface area contributed by atoms with Crippen LogP contribution in [-0.4, -0.2) is 51.5 Å². The van der Waals surface area contributed by atoms with Gasteiger partial charge in [0.25, 0.3) is 5.89 Å². The molecular weight excluding hydrogens is 356 g/mol. The highest BCUT2D eigenvalue weighted by molar-refractivity contribution is 5.63. The summed E-state index contributed by atoms with van der Waals surface area (Å²) in [4.78, 5) is 6.91. The molecule has 1 saturated heterocycles. The van der Waals surface area contributed by atoms with E-state index < -0.39 is 0 Å². The lowest BCUT2D eigenvalue weighted by atomic mass is 10.2. The average molecular weight is 376 g/mol. The molecule has 1 aliphatic heterocycles. The zero-order chi connectivity index (χ0) is 18.9. The fourth-order valence-electron chi connectivity index (χ4n) is 3.41. The second-order valence-corrected chi connectivity index (χ2v) is 6.80. The first-order valence-corrected chi connectivity index (χ1v) is 9.24. The van der Waals surface area contributed by atoms with E-state index in [1.807, 2.05) is 48.5 Å². The summed E-state index contributed by atoms with van der Waals surface area (Å²) in [7, 11) is 2.07. The Kier molecular flexibility index (Phi) is 4.27. The molecule has 1 N–H and O–H groups in total. The number of hydrogen-bond donors (Lipinski definition) is 1. The molecule has 1 atom stereocenters. The Morgan fingerprint density at radius 2 is 2.04 bits per heavy atom. The van der Waals surface area contributed by atoms with E-state index in [9.17, 15) is 0 Å². The van der Waals surface area contributed by atoms with Crippen molar-refractivity contribution in [2.24, 2.45) is 0 Å². The van der Waals surface area contributed by atoms with Gasteiger partial charge in [0.15, 0.2) is 11.6 Å². The summed E-state index contributed by atoms with van der Waals surface area (Å²) in [5.41, 5.74) is 2.34. The summed E-state index contributed by atoms with van der Waals surface area (Å²) in [6.07, 6.45) is 1.63. The Hall–Kier alpha value is -3.23. The third kappa shape index (κ3) is 3.02. The highest BCUT2D eigenvalue weighted by Crippen LogP contribution is 2.29. The number of piperazine rings is 1. The van der Waals surface area contributed by atoms with E-state index in [4.69, 9.17) is 14.0 Å². The highest BCUT2D eigenvalue weighted by atomic mass is 16.5. The average Bonchev–Trinajstić information content (AvgIpc) is 3.48. The van der Waals surface area contributed by atoms with Crippen molar-refractivity contribution in [2.45, 2.75) is 6.04 Å². The van der Waals surface area contributed by atoms with Crippen LogP contribution >= 0.6 is 0 Å². The van der Waals surface area contributed by atoms with Crippen LogP contribution in [0.2, 0.25) is 0 Å². The number of aromatic nitrogens is 4. The highest BCUT2D eigenvalue weighted by Gasteiger charge is 2.27. The molecule has 4 heterocycles. The normalized spacial score (nSPS) is 17.8. The molecule has 3 aromatic heterocycles. The number of rotatable bonds is 4. The van der Waals surface area contributed by atoms with Gasteiger partial charge >= 0.3 is 0 Å². The van der Waals surface area contributed by atoms with Gasteiger partial charge in [-0.3, -0.25) is 4.90 Å². The Labute approximate surface area is 161 Å². The standard InChI is InChI=1S/C20H20N6O2/c1-25-10-9-21-13-17(25)19-22-20(28-24-19)16-12-15(18-8-5-11-27-18)23-26(16)14-6-3-2-4-7-14/h2-8,11-12,17,21H,9-10,13H2,1H3. The summed E-state index contributed by atoms with van der Waals surface area (Å²) < 4.78 is 13.0. The van der Waals surface area contributed by atoms with Crippen molar-refractivity contribution in [3.8, 4) is 28.7 Å². The van der Waals surface area contributed by atoms with Gasteiger partial charge in [-0.15, -0.1) is 0 Å². The first kappa shape index (κ1) is 16.9. The van der Waals surface area contributed by atoms with Crippen molar-refractivity contribution in [3.63, 3.8) is 0 Å². The summed E-state index contributed by atoms with van der Waals surface area (Å²) in [5, 5.41) is 12.3. The maximum atomic E-state index is 5.64. The molecule has 0 saturated carbocycles. The van der Waals surface area contributed by atoms with Gasteiger partial charge in [0.1, 0.15) is 11.4 Å². The van der Waals surface area contributed by atoms with Crippen LogP contribution in [0.5, 0.6) is 0 Å². The zero-order valence-corrected chi connectivity index (χ0v) is 15.4. The third-order valence-corrected chi connectivity index (χ3v) is 4.95. The Morgan fingerprint density at radius 3 is 2.82 bits per heavy atom. The second-order valence-electron chi connectivity index (χ2n) is 6.80. The minimum atomic E-state index is 0.0869. The summed E-state index contributed by atoms with van der Waals surface area (Å²) in [6, 6.07) is 15.6. The van der Waals surface area contributed by atoms with Crippen LogP contribution in [0.15, 0.2) is 63.7 Å². The van der Waals surface area contributed by atoms with Crippen LogP contribution in [-0.2, 0) is 0 Å². The van der Waals surface area contributed by atoms with Crippen molar-refractivity contribution >= 4 is 0 Å². The molecule has 1 unspecified atom stereocenters. The summed E-state index contributed by atoms with van der Waals surface area (Å²) >= 11 is 0. The fourth-order valence-corrected chi connectivity index (χ4v) is 3.41. The van der Waals surface area contributed by atoms with E-state index in [2.05, 4.69) is 27.4 Å². The molecular formula is C20H20N6O2. The number of nitrogens with one attached hydrogen (secondary N) is 1. The van der Waals surface area contributed by atoms with E-state index in [0.717, 1.165) is 31.0 Å². The molecule has 0 bridgehead atoms. The lowest BCUT2D eigenvalue weighted by Gasteiger charge is -2.30. The number of hydrogen-bond acceptors (Lipinski definition) is 7. The quantitative estimate of drug-likeness (QED) is 0.586. The lowest BCUT2D eigenvalue weighted by Crippen LogP contribution is -2.44. The number of benzene rings is 1. The molecule has 4 aromatic rings. The van der Waals surface area contributed by atoms with Gasteiger partial charge in [0, 0.05) is 25.7 Å². The molecule has 1 aliphatic rings. The molecule has 1 fully saturated rings. The molecule has 1 aromatic carbocycles. The van der Waals surface area contributed by atoms with Crippen molar-refractivity contribution in [1.82, 2.24) is 30.1 Å². The van der Waals surface area contributed by atoms with Crippen LogP contribution < -0.4 is 5.32 Å². The number of nitrogens with zero attached hydrogens (tertiary/aromatic N) is 5. The van der Waals surface area contributed by atoms with Crippen LogP contribution in [0.4, 0.5) is 0 Å². The second kappa shape index (κ2) is 7.06. The summed E-state index contributed by atoms with van der Waals surface area (Å²) in [5.74, 6) is 1.79. The van der Waals surface area contributed by atoms with Crippen molar-refractivity contribution < 1.29 is 8.94 Å². The minimum absolute atomic E-state index is 0.0869. The number of furan rings is 1. The molecule has 28 heavy (non-hydrogen) atoms. The molecule has 8 heteroatoms. The largest absolute Gasteiger partial charge is 0.463 e. The van der Waals surface area contributed by atoms with Crippen LogP contribution in [0.3, 0.4) is 0 Å². The molecule has 5 rings (SSSR count). The predicted molar refractivity (Wildman–Crippen MR) is 103 cm³/mol. The smallest absolute Gasteiger partial charge is 0.276 e. The third-order valence-electron chi connectivity index (χ3n) is 4.95. The molecule has 0 spiro atoms. The summed E-state index contributed by atoms with van der Waals surface area (Å²) in [6.45, 7) is 2.70. The topological polar surface area (TPSA) is 85.1 Å². The van der Waals surface area contributed by atoms with Gasteiger partial charge in [-0.05, 0) is 31.3 Å². The van der Waals surface area contributed by atoms with E-state index in [1.165, 1.54) is 0 Å². The molecule has 0 amide bonds. The van der Waals surface area contributed by atoms with E-state index in [1.54, 1.807) is 10.9 Å². The SMILES string of the molecule is CN1CCNCC1c1noc(-c2cc(-c3ccco3)nn2-c2ccccc2)n1. The zero-order valence-electron chi connectivity index (χ0n) is 15.4. The van der Waals surface area contributed by atoms with Gasteiger partial charge in [-0.2, -0.15) is 10.1 Å². The molecule has 0 aliphatic carbocycles. The molecule has 0 radical (unpaired) electrons. The van der Waals surface area contributed by atoms with Gasteiger partial charge in [-0.1, -0.05) is 23.4 Å². The van der Waals surface area contributed by atoms with Crippen molar-refractivity contribution in [2.75, 3.05) is 26.7 Å². The first-order valence-electron chi connectivity index (χ1n) is 9.24. The molecule has 142 valence electrons. The van der Waals surface area contributed by atoms with Crippen LogP contribution in [0, 0.1) is 0 Å². The fraction of sp³-hybridized carbons (Fsp3) is 0.250. The van der Waals surface area contributed by atoms with Gasteiger partial charge < -0.3 is 14.3 Å². The first-order chi connectivity index (χ1) is 13.8. The number of para-hydroxylation sites is 1. The Balaban J connectivity index is 1.57. The van der Waals surface area contributed by atoms with E-state index in [-0.39, 0.29) is 6.04 Å². The van der Waals surface area contributed by atoms with E-state index >= 15 is 0 Å². The minimum Gasteiger partial charge on any atom is -0.463 e. The van der Waals surface area contributed by atoms with Gasteiger partial charge in [-0.25, -0.2) is 4.68 Å². The maximum Gasteiger partial charge on any atom is 0.276 e. The van der Waals surface area contributed by atoms with Crippen molar-refractivity contribution in [3.05, 3.63) is 60.6 Å². The van der Waals surface area contributed by atoms with E-state index in [0.29, 0.717) is 23.2 Å². The lowest BCUT2D eigenvalue weighted by molar-refractivity contribution is 0.190. The maximum absolute atomic E-state index is 5.64.